The van der Waals surface area contributed by atoms with Gasteiger partial charge < -0.3 is 10.2 Å². The third-order valence-electron chi connectivity index (χ3n) is 6.90. The summed E-state index contributed by atoms with van der Waals surface area (Å²) in [4.78, 5) is 36.2. The molecule has 3 aliphatic heterocycles. The normalized spacial score (nSPS) is 24.1. The SMILES string of the molecule is O=C(NCc1cccnc1)C1CCCN(C2CCN(C(=O)CN3CCCC3)CC2)C1. The largest absolute Gasteiger partial charge is 0.352 e. The molecule has 0 aliphatic carbocycles. The summed E-state index contributed by atoms with van der Waals surface area (Å²) in [6, 6.07) is 4.38. The zero-order valence-corrected chi connectivity index (χ0v) is 18.0. The molecule has 4 heterocycles. The molecule has 7 nitrogen and oxygen atoms in total. The molecule has 7 heteroatoms. The van der Waals surface area contributed by atoms with E-state index in [9.17, 15) is 9.59 Å². The van der Waals surface area contributed by atoms with E-state index in [0.29, 0.717) is 25.0 Å². The highest BCUT2D eigenvalue weighted by atomic mass is 16.2. The number of piperidine rings is 2. The molecule has 164 valence electrons. The van der Waals surface area contributed by atoms with E-state index in [1.165, 1.54) is 12.8 Å². The Bertz CT molecular complexity index is 699. The second-order valence-electron chi connectivity index (χ2n) is 9.01. The second kappa shape index (κ2) is 10.4. The maximum Gasteiger partial charge on any atom is 0.236 e. The third-order valence-corrected chi connectivity index (χ3v) is 6.90. The van der Waals surface area contributed by atoms with E-state index in [-0.39, 0.29) is 11.8 Å². The van der Waals surface area contributed by atoms with Gasteiger partial charge in [-0.05, 0) is 69.8 Å². The molecule has 0 saturated carbocycles. The van der Waals surface area contributed by atoms with Crippen molar-refractivity contribution >= 4 is 11.8 Å². The lowest BCUT2D eigenvalue weighted by Gasteiger charge is -2.42. The predicted molar refractivity (Wildman–Crippen MR) is 116 cm³/mol. The number of amides is 2. The van der Waals surface area contributed by atoms with Crippen molar-refractivity contribution in [1.82, 2.24) is 25.0 Å². The fourth-order valence-corrected chi connectivity index (χ4v) is 5.10. The Labute approximate surface area is 179 Å². The van der Waals surface area contributed by atoms with Crippen molar-refractivity contribution in [2.45, 2.75) is 51.1 Å². The minimum absolute atomic E-state index is 0.0604. The summed E-state index contributed by atoms with van der Waals surface area (Å²) in [5.74, 6) is 0.508. The van der Waals surface area contributed by atoms with Crippen LogP contribution >= 0.6 is 0 Å². The molecule has 3 saturated heterocycles. The van der Waals surface area contributed by atoms with Crippen LogP contribution in [0.4, 0.5) is 0 Å². The van der Waals surface area contributed by atoms with Crippen molar-refractivity contribution in [2.24, 2.45) is 5.92 Å². The Morgan fingerprint density at radius 1 is 1.03 bits per heavy atom. The first-order valence-corrected chi connectivity index (χ1v) is 11.6. The van der Waals surface area contributed by atoms with Gasteiger partial charge in [-0.25, -0.2) is 0 Å². The summed E-state index contributed by atoms with van der Waals surface area (Å²) in [6.07, 6.45) is 10.1. The van der Waals surface area contributed by atoms with Gasteiger partial charge >= 0.3 is 0 Å². The van der Waals surface area contributed by atoms with Crippen LogP contribution in [0.5, 0.6) is 0 Å². The van der Waals surface area contributed by atoms with Crippen molar-refractivity contribution in [2.75, 3.05) is 45.8 Å². The van der Waals surface area contributed by atoms with Gasteiger partial charge in [-0.15, -0.1) is 0 Å². The Hall–Kier alpha value is -1.99. The van der Waals surface area contributed by atoms with Crippen molar-refractivity contribution in [3.8, 4) is 0 Å². The molecular formula is C23H35N5O2. The molecule has 1 aromatic heterocycles. The van der Waals surface area contributed by atoms with Gasteiger partial charge in [0, 0.05) is 44.6 Å². The number of carbonyl (C=O) groups excluding carboxylic acids is 2. The zero-order chi connectivity index (χ0) is 20.8. The standard InChI is InChI=1S/C23H35N5O2/c29-22(18-26-10-1-2-11-26)27-13-7-21(8-14-27)28-12-4-6-20(17-28)23(30)25-16-19-5-3-9-24-15-19/h3,5,9,15,20-21H,1-2,4,6-8,10-14,16-18H2,(H,25,30). The monoisotopic (exact) mass is 413 g/mol. The molecule has 0 radical (unpaired) electrons. The molecule has 3 fully saturated rings. The average Bonchev–Trinajstić information content (AvgIpc) is 3.31. The van der Waals surface area contributed by atoms with E-state index in [1.54, 1.807) is 12.4 Å². The quantitative estimate of drug-likeness (QED) is 0.765. The van der Waals surface area contributed by atoms with Crippen molar-refractivity contribution in [3.63, 3.8) is 0 Å². The maximum absolute atomic E-state index is 12.7. The minimum Gasteiger partial charge on any atom is -0.352 e. The lowest BCUT2D eigenvalue weighted by Crippen LogP contribution is -2.52. The number of likely N-dealkylation sites (tertiary alicyclic amines) is 3. The number of pyridine rings is 1. The number of rotatable bonds is 6. The number of hydrogen-bond acceptors (Lipinski definition) is 5. The van der Waals surface area contributed by atoms with Gasteiger partial charge in [0.05, 0.1) is 12.5 Å². The summed E-state index contributed by atoms with van der Waals surface area (Å²) in [5.41, 5.74) is 1.03. The molecule has 0 bridgehead atoms. The molecule has 2 amide bonds. The average molecular weight is 414 g/mol. The number of nitrogens with zero attached hydrogens (tertiary/aromatic N) is 4. The smallest absolute Gasteiger partial charge is 0.236 e. The zero-order valence-electron chi connectivity index (χ0n) is 18.0. The predicted octanol–water partition coefficient (Wildman–Crippen LogP) is 1.50. The summed E-state index contributed by atoms with van der Waals surface area (Å²) in [5, 5.41) is 3.09. The first kappa shape index (κ1) is 21.2. The van der Waals surface area contributed by atoms with Crippen molar-refractivity contribution in [3.05, 3.63) is 30.1 Å². The Balaban J connectivity index is 1.21. The van der Waals surface area contributed by atoms with Gasteiger partial charge in [0.25, 0.3) is 0 Å². The highest BCUT2D eigenvalue weighted by Crippen LogP contribution is 2.24. The Kier molecular flexibility index (Phi) is 7.33. The number of hydrogen-bond donors (Lipinski definition) is 1. The molecule has 30 heavy (non-hydrogen) atoms. The molecule has 1 N–H and O–H groups in total. The van der Waals surface area contributed by atoms with Crippen LogP contribution in [0.25, 0.3) is 0 Å². The molecular weight excluding hydrogens is 378 g/mol. The van der Waals surface area contributed by atoms with Gasteiger partial charge in [-0.1, -0.05) is 6.07 Å². The van der Waals surface area contributed by atoms with E-state index < -0.39 is 0 Å². The van der Waals surface area contributed by atoms with E-state index in [4.69, 9.17) is 0 Å². The molecule has 1 atom stereocenters. The highest BCUT2D eigenvalue weighted by Gasteiger charge is 2.32. The molecule has 0 spiro atoms. The van der Waals surface area contributed by atoms with Crippen LogP contribution in [-0.4, -0.2) is 83.4 Å². The van der Waals surface area contributed by atoms with Gasteiger partial charge in [-0.3, -0.25) is 24.4 Å². The molecule has 3 aliphatic rings. The highest BCUT2D eigenvalue weighted by molar-refractivity contribution is 5.79. The lowest BCUT2D eigenvalue weighted by molar-refractivity contribution is -0.133. The topological polar surface area (TPSA) is 68.8 Å². The molecule has 0 aromatic carbocycles. The van der Waals surface area contributed by atoms with E-state index >= 15 is 0 Å². The minimum atomic E-state index is 0.0604. The van der Waals surface area contributed by atoms with Crippen LogP contribution in [0.3, 0.4) is 0 Å². The second-order valence-corrected chi connectivity index (χ2v) is 9.01. The van der Waals surface area contributed by atoms with E-state index in [0.717, 1.165) is 70.5 Å². The Morgan fingerprint density at radius 3 is 2.57 bits per heavy atom. The molecule has 4 rings (SSSR count). The third kappa shape index (κ3) is 5.58. The van der Waals surface area contributed by atoms with Crippen LogP contribution in [0.15, 0.2) is 24.5 Å². The van der Waals surface area contributed by atoms with E-state index in [1.807, 2.05) is 12.1 Å². The fourth-order valence-electron chi connectivity index (χ4n) is 5.10. The van der Waals surface area contributed by atoms with Crippen molar-refractivity contribution in [1.29, 1.82) is 0 Å². The number of carbonyl (C=O) groups is 2. The van der Waals surface area contributed by atoms with Crippen LogP contribution in [0, 0.1) is 5.92 Å². The van der Waals surface area contributed by atoms with Gasteiger partial charge in [0.15, 0.2) is 0 Å². The maximum atomic E-state index is 12.7. The Morgan fingerprint density at radius 2 is 1.83 bits per heavy atom. The van der Waals surface area contributed by atoms with Gasteiger partial charge in [0.2, 0.25) is 11.8 Å². The summed E-state index contributed by atoms with van der Waals surface area (Å²) in [6.45, 7) is 6.89. The summed E-state index contributed by atoms with van der Waals surface area (Å²) >= 11 is 0. The van der Waals surface area contributed by atoms with E-state index in [2.05, 4.69) is 25.0 Å². The molecule has 1 unspecified atom stereocenters. The van der Waals surface area contributed by atoms with Crippen LogP contribution < -0.4 is 5.32 Å². The van der Waals surface area contributed by atoms with Gasteiger partial charge in [0.1, 0.15) is 0 Å². The first-order valence-electron chi connectivity index (χ1n) is 11.6. The summed E-state index contributed by atoms with van der Waals surface area (Å²) in [7, 11) is 0. The van der Waals surface area contributed by atoms with Gasteiger partial charge in [-0.2, -0.15) is 0 Å². The van der Waals surface area contributed by atoms with Crippen LogP contribution in [-0.2, 0) is 16.1 Å². The number of nitrogens with one attached hydrogen (secondary N) is 1. The summed E-state index contributed by atoms with van der Waals surface area (Å²) < 4.78 is 0. The molecule has 1 aromatic rings. The fraction of sp³-hybridized carbons (Fsp3) is 0.696. The number of aromatic nitrogens is 1. The van der Waals surface area contributed by atoms with Crippen LogP contribution in [0.1, 0.15) is 44.1 Å². The first-order chi connectivity index (χ1) is 14.7. The van der Waals surface area contributed by atoms with Crippen molar-refractivity contribution < 1.29 is 9.59 Å². The van der Waals surface area contributed by atoms with Crippen LogP contribution in [0.2, 0.25) is 0 Å². The lowest BCUT2D eigenvalue weighted by atomic mass is 9.93.